The monoisotopic (exact) mass is 688 g/mol. The number of allylic oxidation sites excluding steroid dienone is 1. The highest BCUT2D eigenvalue weighted by molar-refractivity contribution is 8.25. The van der Waals surface area contributed by atoms with Crippen LogP contribution < -0.4 is 25.7 Å². The minimum Gasteiger partial charge on any atom is -0.306 e. The van der Waals surface area contributed by atoms with Crippen molar-refractivity contribution in [2.75, 3.05) is 9.80 Å². The van der Waals surface area contributed by atoms with Crippen LogP contribution in [-0.2, 0) is 18.2 Å². The Morgan fingerprint density at radius 3 is 1.80 bits per heavy atom. The molecule has 1 heterocycles. The molecule has 0 amide bonds. The van der Waals surface area contributed by atoms with Crippen LogP contribution in [0.4, 0.5) is 34.1 Å². The lowest BCUT2D eigenvalue weighted by molar-refractivity contribution is 1.14. The summed E-state index contributed by atoms with van der Waals surface area (Å²) in [6, 6.07) is 61.6. The molecular weight excluding hydrogens is 656 g/mol. The number of para-hydroxylation sites is 3. The molecule has 1 aliphatic carbocycles. The molecule has 51 heavy (non-hydrogen) atoms. The van der Waals surface area contributed by atoms with Crippen LogP contribution in [0.1, 0.15) is 11.1 Å². The normalized spacial score (nSPS) is 13.3. The number of fused-ring (bicyclic) bond motifs is 4. The number of nitrogens with zero attached hydrogens (tertiary/aromatic N) is 2. The van der Waals surface area contributed by atoms with Gasteiger partial charge in [-0.05, 0) is 104 Å². The van der Waals surface area contributed by atoms with Gasteiger partial charge in [-0.2, -0.15) is 0 Å². The molecule has 1 aliphatic heterocycles. The average Bonchev–Trinajstić information content (AvgIpc) is 3.20. The van der Waals surface area contributed by atoms with Crippen molar-refractivity contribution in [1.82, 2.24) is 0 Å². The molecule has 0 saturated heterocycles. The molecule has 10 rings (SSSR count). The Kier molecular flexibility index (Phi) is 7.06. The number of anilines is 6. The Morgan fingerprint density at radius 2 is 1.08 bits per heavy atom. The number of rotatable bonds is 5. The van der Waals surface area contributed by atoms with Crippen LogP contribution in [0, 0.1) is 0 Å². The zero-order valence-electron chi connectivity index (χ0n) is 27.9. The minimum absolute atomic E-state index is 0.874. The maximum atomic E-state index is 6.71. The summed E-state index contributed by atoms with van der Waals surface area (Å²) in [6.45, 7) is 0. The molecule has 0 bridgehead atoms. The molecule has 4 heteroatoms. The third-order valence-corrected chi connectivity index (χ3v) is 15.3. The first-order chi connectivity index (χ1) is 25.2. The second-order valence-corrected chi connectivity index (χ2v) is 17.7. The number of hydrogen-bond donors (Lipinski definition) is 0. The molecule has 0 N–H and O–H groups in total. The molecule has 0 atom stereocenters. The van der Waals surface area contributed by atoms with E-state index in [9.17, 15) is 0 Å². The number of hydrogen-bond acceptors (Lipinski definition) is 3. The van der Waals surface area contributed by atoms with E-state index >= 15 is 0 Å². The van der Waals surface area contributed by atoms with Crippen molar-refractivity contribution in [1.29, 1.82) is 0 Å². The Bertz CT molecular complexity index is 2660. The van der Waals surface area contributed by atoms with Gasteiger partial charge in [0.25, 0.3) is 0 Å². The highest BCUT2D eigenvalue weighted by Gasteiger charge is 2.34. The second kappa shape index (κ2) is 12.0. The summed E-state index contributed by atoms with van der Waals surface area (Å²) in [5.41, 5.74) is 9.68. The molecule has 8 aromatic carbocycles. The molecular formula is C47H33N2PS. The van der Waals surface area contributed by atoms with Gasteiger partial charge in [-0.15, -0.1) is 0 Å². The van der Waals surface area contributed by atoms with Crippen LogP contribution >= 0.6 is 6.04 Å². The quantitative estimate of drug-likeness (QED) is 0.166. The summed E-state index contributed by atoms with van der Waals surface area (Å²) in [4.78, 5) is 4.94. The fourth-order valence-corrected chi connectivity index (χ4v) is 11.9. The van der Waals surface area contributed by atoms with E-state index in [1.165, 1.54) is 60.0 Å². The SMILES string of the molecule is S=P(c1ccccc1)(c1ccccc1)c1ccc2cc(N3c4ccccc4N(c4ccccc4)c4cc5cccc6c5c(c43)CC=C6)ccc2c1. The molecule has 8 aromatic rings. The van der Waals surface area contributed by atoms with Crippen molar-refractivity contribution < 1.29 is 0 Å². The predicted octanol–water partition coefficient (Wildman–Crippen LogP) is 11.6. The van der Waals surface area contributed by atoms with Crippen molar-refractivity contribution >= 4 is 95.5 Å². The van der Waals surface area contributed by atoms with Gasteiger partial charge in [-0.3, -0.25) is 0 Å². The van der Waals surface area contributed by atoms with Gasteiger partial charge in [0.2, 0.25) is 0 Å². The fourth-order valence-electron chi connectivity index (χ4n) is 8.10. The minimum atomic E-state index is -2.26. The molecule has 0 aromatic heterocycles. The summed E-state index contributed by atoms with van der Waals surface area (Å²) >= 11 is 6.71. The number of benzene rings is 8. The summed E-state index contributed by atoms with van der Waals surface area (Å²) < 4.78 is 0. The van der Waals surface area contributed by atoms with Gasteiger partial charge in [0.05, 0.1) is 22.7 Å². The van der Waals surface area contributed by atoms with Crippen molar-refractivity contribution in [2.24, 2.45) is 0 Å². The maximum Gasteiger partial charge on any atom is 0.0745 e. The Labute approximate surface area is 303 Å². The highest BCUT2D eigenvalue weighted by Crippen LogP contribution is 2.57. The molecule has 0 radical (unpaired) electrons. The lowest BCUT2D eigenvalue weighted by Gasteiger charge is -2.42. The standard InChI is InChI=1S/C47H33N2PS/c51-50(39-19-6-2-7-20-39,40-21-8-3-9-22-40)41-29-27-34-30-38(28-26-35(34)31-41)49-44-25-11-10-24-43(44)48(37-17-4-1-5-18-37)45-32-36-16-12-14-33-15-13-23-42(46(33)36)47(45)49/h1-22,24-32H,23H2. The van der Waals surface area contributed by atoms with E-state index < -0.39 is 6.04 Å². The maximum absolute atomic E-state index is 6.71. The van der Waals surface area contributed by atoms with Crippen molar-refractivity contribution in [3.8, 4) is 0 Å². The van der Waals surface area contributed by atoms with Crippen molar-refractivity contribution in [2.45, 2.75) is 6.42 Å². The van der Waals surface area contributed by atoms with Crippen molar-refractivity contribution in [3.63, 3.8) is 0 Å². The molecule has 242 valence electrons. The lowest BCUT2D eigenvalue weighted by Crippen LogP contribution is -2.25. The zero-order valence-corrected chi connectivity index (χ0v) is 29.6. The first-order valence-corrected chi connectivity index (χ1v) is 20.2. The summed E-state index contributed by atoms with van der Waals surface area (Å²) in [7, 11) is 0. The van der Waals surface area contributed by atoms with Crippen LogP contribution in [0.5, 0.6) is 0 Å². The average molecular weight is 689 g/mol. The largest absolute Gasteiger partial charge is 0.306 e. The Balaban J connectivity index is 1.18. The van der Waals surface area contributed by atoms with Gasteiger partial charge < -0.3 is 9.80 Å². The van der Waals surface area contributed by atoms with Crippen molar-refractivity contribution in [3.05, 3.63) is 193 Å². The summed E-state index contributed by atoms with van der Waals surface area (Å²) in [5.74, 6) is 0. The molecule has 0 saturated carbocycles. The first-order valence-electron chi connectivity index (χ1n) is 17.4. The molecule has 0 unspecified atom stereocenters. The van der Waals surface area contributed by atoms with E-state index in [4.69, 9.17) is 11.8 Å². The van der Waals surface area contributed by atoms with E-state index in [0.29, 0.717) is 0 Å². The highest BCUT2D eigenvalue weighted by atomic mass is 32.4. The van der Waals surface area contributed by atoms with Crippen LogP contribution in [0.2, 0.25) is 0 Å². The van der Waals surface area contributed by atoms with Crippen LogP contribution in [0.15, 0.2) is 182 Å². The van der Waals surface area contributed by atoms with E-state index in [0.717, 1.165) is 29.2 Å². The fraction of sp³-hybridized carbons (Fsp3) is 0.0213. The third-order valence-electron chi connectivity index (χ3n) is 10.4. The molecule has 2 aliphatic rings. The van der Waals surface area contributed by atoms with Gasteiger partial charge in [0.1, 0.15) is 0 Å². The van der Waals surface area contributed by atoms with E-state index in [1.54, 1.807) is 0 Å². The van der Waals surface area contributed by atoms with Crippen LogP contribution in [0.3, 0.4) is 0 Å². The molecule has 2 nitrogen and oxygen atoms in total. The van der Waals surface area contributed by atoms with Gasteiger partial charge in [0.15, 0.2) is 0 Å². The lowest BCUT2D eigenvalue weighted by atomic mass is 9.88. The molecule has 0 spiro atoms. The molecule has 0 fully saturated rings. The van der Waals surface area contributed by atoms with Crippen LogP contribution in [0.25, 0.3) is 27.6 Å². The van der Waals surface area contributed by atoms with E-state index in [-0.39, 0.29) is 0 Å². The van der Waals surface area contributed by atoms with Gasteiger partial charge in [-0.25, -0.2) is 0 Å². The summed E-state index contributed by atoms with van der Waals surface area (Å²) in [6.07, 6.45) is 5.46. The summed E-state index contributed by atoms with van der Waals surface area (Å²) in [5, 5.41) is 8.62. The first kappa shape index (κ1) is 30.1. The smallest absolute Gasteiger partial charge is 0.0745 e. The van der Waals surface area contributed by atoms with E-state index in [1.807, 2.05) is 0 Å². The predicted molar refractivity (Wildman–Crippen MR) is 223 cm³/mol. The Morgan fingerprint density at radius 1 is 0.451 bits per heavy atom. The third kappa shape index (κ3) is 4.73. The second-order valence-electron chi connectivity index (χ2n) is 13.3. The Hall–Kier alpha value is -5.73. The van der Waals surface area contributed by atoms with Gasteiger partial charge in [0, 0.05) is 17.4 Å². The van der Waals surface area contributed by atoms with Crippen LogP contribution in [-0.4, -0.2) is 0 Å². The van der Waals surface area contributed by atoms with Gasteiger partial charge in [-0.1, -0.05) is 151 Å². The zero-order chi connectivity index (χ0) is 33.9. The van der Waals surface area contributed by atoms with Gasteiger partial charge >= 0.3 is 0 Å². The van der Waals surface area contributed by atoms with E-state index in [2.05, 4.69) is 198 Å². The topological polar surface area (TPSA) is 6.48 Å².